The fourth-order valence-corrected chi connectivity index (χ4v) is 0.537. The zero-order valence-corrected chi connectivity index (χ0v) is 5.60. The second kappa shape index (κ2) is 3.26. The Labute approximate surface area is 50.6 Å². The standard InChI is InChI=1S/C7H11N/c1-6(2)4-7(3)5-8/h4,6H,1-3H3. The maximum absolute atomic E-state index is 8.27. The van der Waals surface area contributed by atoms with Gasteiger partial charge in [0.05, 0.1) is 6.07 Å². The van der Waals surface area contributed by atoms with Crippen LogP contribution in [0.3, 0.4) is 0 Å². The summed E-state index contributed by atoms with van der Waals surface area (Å²) < 4.78 is 0. The minimum atomic E-state index is 0.495. The fraction of sp³-hybridized carbons (Fsp3) is 0.571. The number of hydrogen-bond acceptors (Lipinski definition) is 1. The molecule has 44 valence electrons. The van der Waals surface area contributed by atoms with Crippen LogP contribution in [0.2, 0.25) is 0 Å². The Morgan fingerprint density at radius 2 is 2.12 bits per heavy atom. The second-order valence-electron chi connectivity index (χ2n) is 2.21. The summed E-state index contributed by atoms with van der Waals surface area (Å²) in [5.74, 6) is 0.495. The van der Waals surface area contributed by atoms with Gasteiger partial charge in [0.25, 0.3) is 0 Å². The summed E-state index contributed by atoms with van der Waals surface area (Å²) in [6.45, 7) is 5.93. The first-order valence-electron chi connectivity index (χ1n) is 2.75. The lowest BCUT2D eigenvalue weighted by Crippen LogP contribution is -1.79. The molecule has 1 heteroatoms. The first kappa shape index (κ1) is 7.23. The van der Waals surface area contributed by atoms with Gasteiger partial charge in [0.1, 0.15) is 0 Å². The lowest BCUT2D eigenvalue weighted by atomic mass is 10.1. The van der Waals surface area contributed by atoms with Gasteiger partial charge in [-0.15, -0.1) is 0 Å². The Bertz CT molecular complexity index is 126. The van der Waals surface area contributed by atoms with Crippen LogP contribution in [0.25, 0.3) is 0 Å². The van der Waals surface area contributed by atoms with Gasteiger partial charge < -0.3 is 0 Å². The van der Waals surface area contributed by atoms with Gasteiger partial charge in [-0.2, -0.15) is 5.26 Å². The highest BCUT2D eigenvalue weighted by Gasteiger charge is 1.86. The first-order valence-corrected chi connectivity index (χ1v) is 2.75. The molecule has 0 spiro atoms. The van der Waals surface area contributed by atoms with Crippen molar-refractivity contribution in [1.29, 1.82) is 5.26 Å². The summed E-state index contributed by atoms with van der Waals surface area (Å²) >= 11 is 0. The van der Waals surface area contributed by atoms with Crippen LogP contribution in [-0.2, 0) is 0 Å². The summed E-state index contributed by atoms with van der Waals surface area (Å²) in [4.78, 5) is 0. The number of nitrogens with zero attached hydrogens (tertiary/aromatic N) is 1. The number of rotatable bonds is 1. The Hall–Kier alpha value is -0.770. The van der Waals surface area contributed by atoms with E-state index in [0.717, 1.165) is 5.57 Å². The van der Waals surface area contributed by atoms with Crippen molar-refractivity contribution >= 4 is 0 Å². The van der Waals surface area contributed by atoms with Crippen LogP contribution in [0.4, 0.5) is 0 Å². The van der Waals surface area contributed by atoms with E-state index in [2.05, 4.69) is 19.9 Å². The maximum atomic E-state index is 8.27. The highest BCUT2D eigenvalue weighted by Crippen LogP contribution is 1.98. The summed E-state index contributed by atoms with van der Waals surface area (Å²) in [7, 11) is 0. The number of hydrogen-bond donors (Lipinski definition) is 0. The third-order valence-corrected chi connectivity index (χ3v) is 0.760. The van der Waals surface area contributed by atoms with E-state index in [-0.39, 0.29) is 0 Å². The van der Waals surface area contributed by atoms with Crippen molar-refractivity contribution in [2.45, 2.75) is 20.8 Å². The van der Waals surface area contributed by atoms with Crippen LogP contribution in [0.5, 0.6) is 0 Å². The molecule has 0 rings (SSSR count). The van der Waals surface area contributed by atoms with E-state index < -0.39 is 0 Å². The predicted octanol–water partition coefficient (Wildman–Crippen LogP) is 2.11. The molecule has 0 amide bonds. The maximum Gasteiger partial charge on any atom is 0.0940 e. The van der Waals surface area contributed by atoms with E-state index in [1.165, 1.54) is 0 Å². The number of nitriles is 1. The Morgan fingerprint density at radius 1 is 1.62 bits per heavy atom. The zero-order valence-electron chi connectivity index (χ0n) is 5.60. The van der Waals surface area contributed by atoms with E-state index in [9.17, 15) is 0 Å². The lowest BCUT2D eigenvalue weighted by Gasteiger charge is -1.91. The molecule has 0 N–H and O–H groups in total. The van der Waals surface area contributed by atoms with E-state index in [1.807, 2.05) is 13.0 Å². The molecule has 0 saturated carbocycles. The van der Waals surface area contributed by atoms with Crippen LogP contribution in [0, 0.1) is 17.2 Å². The quantitative estimate of drug-likeness (QED) is 0.473. The van der Waals surface area contributed by atoms with Crippen LogP contribution >= 0.6 is 0 Å². The van der Waals surface area contributed by atoms with Crippen LogP contribution in [-0.4, -0.2) is 0 Å². The van der Waals surface area contributed by atoms with E-state index in [4.69, 9.17) is 5.26 Å². The van der Waals surface area contributed by atoms with Crippen molar-refractivity contribution < 1.29 is 0 Å². The van der Waals surface area contributed by atoms with Gasteiger partial charge in [0.15, 0.2) is 0 Å². The molecule has 0 aromatic heterocycles. The summed E-state index contributed by atoms with van der Waals surface area (Å²) in [6, 6.07) is 2.06. The second-order valence-corrected chi connectivity index (χ2v) is 2.21. The monoisotopic (exact) mass is 109 g/mol. The van der Waals surface area contributed by atoms with Crippen molar-refractivity contribution in [3.8, 4) is 6.07 Å². The lowest BCUT2D eigenvalue weighted by molar-refractivity contribution is 0.825. The van der Waals surface area contributed by atoms with Crippen molar-refractivity contribution in [3.05, 3.63) is 11.6 Å². The van der Waals surface area contributed by atoms with Gasteiger partial charge in [-0.3, -0.25) is 0 Å². The molecule has 0 heterocycles. The molecule has 8 heavy (non-hydrogen) atoms. The highest BCUT2D eigenvalue weighted by molar-refractivity contribution is 5.17. The third-order valence-electron chi connectivity index (χ3n) is 0.760. The Morgan fingerprint density at radius 3 is 2.25 bits per heavy atom. The Balaban J connectivity index is 3.80. The highest BCUT2D eigenvalue weighted by atomic mass is 14.2. The molecular weight excluding hydrogens is 98.1 g/mol. The molecule has 0 aliphatic rings. The molecule has 0 atom stereocenters. The molecule has 0 aliphatic carbocycles. The van der Waals surface area contributed by atoms with E-state index >= 15 is 0 Å². The summed E-state index contributed by atoms with van der Waals surface area (Å²) in [5.41, 5.74) is 0.806. The summed E-state index contributed by atoms with van der Waals surface area (Å²) in [5, 5.41) is 8.27. The zero-order chi connectivity index (χ0) is 6.57. The smallest absolute Gasteiger partial charge is 0.0940 e. The largest absolute Gasteiger partial charge is 0.193 e. The van der Waals surface area contributed by atoms with E-state index in [1.54, 1.807) is 0 Å². The molecule has 0 aromatic carbocycles. The Kier molecular flexibility index (Phi) is 2.95. The van der Waals surface area contributed by atoms with Crippen LogP contribution in [0.1, 0.15) is 20.8 Å². The van der Waals surface area contributed by atoms with Gasteiger partial charge in [-0.25, -0.2) is 0 Å². The molecule has 0 radical (unpaired) electrons. The van der Waals surface area contributed by atoms with Crippen LogP contribution < -0.4 is 0 Å². The molecule has 0 unspecified atom stereocenters. The minimum absolute atomic E-state index is 0.495. The van der Waals surface area contributed by atoms with Crippen molar-refractivity contribution in [3.63, 3.8) is 0 Å². The molecular formula is C7H11N. The fourth-order valence-electron chi connectivity index (χ4n) is 0.537. The normalized spacial score (nSPS) is 11.6. The van der Waals surface area contributed by atoms with Crippen molar-refractivity contribution in [2.75, 3.05) is 0 Å². The predicted molar refractivity (Wildman–Crippen MR) is 34.2 cm³/mol. The van der Waals surface area contributed by atoms with Crippen molar-refractivity contribution in [1.82, 2.24) is 0 Å². The first-order chi connectivity index (χ1) is 3.66. The minimum Gasteiger partial charge on any atom is -0.193 e. The molecule has 0 aromatic rings. The van der Waals surface area contributed by atoms with Gasteiger partial charge in [0.2, 0.25) is 0 Å². The van der Waals surface area contributed by atoms with Gasteiger partial charge in [-0.1, -0.05) is 19.9 Å². The molecule has 0 bridgehead atoms. The van der Waals surface area contributed by atoms with Crippen molar-refractivity contribution in [2.24, 2.45) is 5.92 Å². The topological polar surface area (TPSA) is 23.8 Å². The molecule has 1 nitrogen and oxygen atoms in total. The van der Waals surface area contributed by atoms with Crippen LogP contribution in [0.15, 0.2) is 11.6 Å². The number of allylic oxidation sites excluding steroid dienone is 2. The molecule has 0 aliphatic heterocycles. The van der Waals surface area contributed by atoms with Gasteiger partial charge in [-0.05, 0) is 12.8 Å². The van der Waals surface area contributed by atoms with E-state index in [0.29, 0.717) is 5.92 Å². The van der Waals surface area contributed by atoms with Gasteiger partial charge >= 0.3 is 0 Å². The average molecular weight is 109 g/mol. The molecule has 0 saturated heterocycles. The average Bonchev–Trinajstić information content (AvgIpc) is 1.65. The summed E-state index contributed by atoms with van der Waals surface area (Å²) in [6.07, 6.45) is 1.94. The SMILES string of the molecule is CC(C#N)=CC(C)C. The third kappa shape index (κ3) is 3.42. The van der Waals surface area contributed by atoms with Gasteiger partial charge in [0, 0.05) is 5.57 Å². The molecule has 0 fully saturated rings.